The number of carbonyl (C=O) groups excluding carboxylic acids is 3. The number of carbonyl (C=O) groups is 3. The number of aryl methyl sites for hydroxylation is 1. The summed E-state index contributed by atoms with van der Waals surface area (Å²) < 4.78 is 10.3. The number of nitrogens with one attached hydrogen (secondary N) is 3. The van der Waals surface area contributed by atoms with E-state index in [1.807, 2.05) is 12.3 Å². The molecule has 0 fully saturated rings. The number of anilines is 1. The highest BCUT2D eigenvalue weighted by molar-refractivity contribution is 6.39. The van der Waals surface area contributed by atoms with Crippen LogP contribution >= 0.6 is 11.6 Å². The number of benzene rings is 2. The van der Waals surface area contributed by atoms with Crippen molar-refractivity contribution in [3.05, 3.63) is 53.1 Å². The fourth-order valence-corrected chi connectivity index (χ4v) is 2.12. The van der Waals surface area contributed by atoms with Gasteiger partial charge in [0.05, 0.1) is 12.8 Å². The first-order valence-corrected chi connectivity index (χ1v) is 8.20. The summed E-state index contributed by atoms with van der Waals surface area (Å²) in [5.74, 6) is -1.80. The summed E-state index contributed by atoms with van der Waals surface area (Å²) in [7, 11) is 1.45. The average Bonchev–Trinajstić information content (AvgIpc) is 2.65. The molecule has 0 aromatic heterocycles. The van der Waals surface area contributed by atoms with Crippen LogP contribution in [0.3, 0.4) is 0 Å². The van der Waals surface area contributed by atoms with E-state index in [0.29, 0.717) is 22.2 Å². The molecule has 0 aliphatic carbocycles. The van der Waals surface area contributed by atoms with Gasteiger partial charge in [-0.15, -0.1) is 0 Å². The van der Waals surface area contributed by atoms with Crippen LogP contribution in [0.4, 0.5) is 5.69 Å². The first-order chi connectivity index (χ1) is 12.9. The van der Waals surface area contributed by atoms with Crippen LogP contribution in [-0.2, 0) is 14.4 Å². The Kier molecular flexibility index (Phi) is 7.01. The highest BCUT2D eigenvalue weighted by Crippen LogP contribution is 2.24. The highest BCUT2D eigenvalue weighted by Gasteiger charge is 2.16. The van der Waals surface area contributed by atoms with Gasteiger partial charge in [0.1, 0.15) is 11.5 Å². The molecule has 0 unspecified atom stereocenters. The van der Waals surface area contributed by atoms with Crippen molar-refractivity contribution in [2.24, 2.45) is 0 Å². The maximum Gasteiger partial charge on any atom is 0.328 e. The zero-order valence-corrected chi connectivity index (χ0v) is 15.4. The van der Waals surface area contributed by atoms with Gasteiger partial charge < -0.3 is 14.8 Å². The van der Waals surface area contributed by atoms with Crippen molar-refractivity contribution < 1.29 is 23.9 Å². The molecule has 2 rings (SSSR count). The van der Waals surface area contributed by atoms with Gasteiger partial charge in [0.15, 0.2) is 6.61 Å². The Morgan fingerprint density at radius 2 is 1.70 bits per heavy atom. The molecule has 2 aromatic rings. The van der Waals surface area contributed by atoms with Crippen molar-refractivity contribution in [1.29, 1.82) is 0 Å². The number of hydrogen-bond acceptors (Lipinski definition) is 5. The molecule has 3 amide bonds. The molecule has 8 nitrogen and oxygen atoms in total. The van der Waals surface area contributed by atoms with Crippen LogP contribution in [-0.4, -0.2) is 31.4 Å². The Morgan fingerprint density at radius 1 is 1.00 bits per heavy atom. The topological polar surface area (TPSA) is 106 Å². The summed E-state index contributed by atoms with van der Waals surface area (Å²) in [5.41, 5.74) is 5.31. The van der Waals surface area contributed by atoms with Crippen molar-refractivity contribution in [1.82, 2.24) is 10.9 Å². The number of hydrogen-bond donors (Lipinski definition) is 3. The van der Waals surface area contributed by atoms with Crippen molar-refractivity contribution in [3.63, 3.8) is 0 Å². The predicted molar refractivity (Wildman–Crippen MR) is 99.6 cm³/mol. The molecule has 0 aliphatic heterocycles. The molecule has 0 bridgehead atoms. The van der Waals surface area contributed by atoms with Gasteiger partial charge in [-0.05, 0) is 48.9 Å². The molecule has 0 heterocycles. The number of methoxy groups -OCH3 is 1. The van der Waals surface area contributed by atoms with Gasteiger partial charge in [0, 0.05) is 5.02 Å². The Hall–Kier alpha value is -3.26. The molecule has 0 aliphatic rings. The third-order valence-corrected chi connectivity index (χ3v) is 3.56. The zero-order valence-electron chi connectivity index (χ0n) is 14.7. The van der Waals surface area contributed by atoms with Gasteiger partial charge in [-0.25, -0.2) is 0 Å². The lowest BCUT2D eigenvalue weighted by Crippen LogP contribution is -2.48. The third kappa shape index (κ3) is 6.19. The molecular weight excluding hydrogens is 374 g/mol. The highest BCUT2D eigenvalue weighted by atomic mass is 35.5. The Bertz CT molecular complexity index is 839. The van der Waals surface area contributed by atoms with Crippen LogP contribution in [0.2, 0.25) is 5.02 Å². The number of halogens is 1. The van der Waals surface area contributed by atoms with E-state index in [-0.39, 0.29) is 6.61 Å². The third-order valence-electron chi connectivity index (χ3n) is 3.31. The number of ether oxygens (including phenoxy) is 2. The van der Waals surface area contributed by atoms with E-state index < -0.39 is 17.7 Å². The molecule has 0 saturated heterocycles. The predicted octanol–water partition coefficient (Wildman–Crippen LogP) is 1.82. The Labute approximate surface area is 160 Å². The van der Waals surface area contributed by atoms with Gasteiger partial charge in [0.25, 0.3) is 5.91 Å². The minimum Gasteiger partial charge on any atom is -0.495 e. The molecule has 0 saturated carbocycles. The van der Waals surface area contributed by atoms with Crippen LogP contribution in [0.15, 0.2) is 42.5 Å². The van der Waals surface area contributed by atoms with Crippen LogP contribution in [0.25, 0.3) is 0 Å². The van der Waals surface area contributed by atoms with Crippen molar-refractivity contribution in [2.45, 2.75) is 6.92 Å². The van der Waals surface area contributed by atoms with E-state index >= 15 is 0 Å². The summed E-state index contributed by atoms with van der Waals surface area (Å²) in [5, 5.41) is 2.96. The molecule has 142 valence electrons. The lowest BCUT2D eigenvalue weighted by atomic mass is 10.2. The van der Waals surface area contributed by atoms with Crippen LogP contribution in [0, 0.1) is 6.92 Å². The van der Waals surface area contributed by atoms with E-state index in [2.05, 4.69) is 10.7 Å². The van der Waals surface area contributed by atoms with Crippen LogP contribution < -0.4 is 25.6 Å². The lowest BCUT2D eigenvalue weighted by molar-refractivity contribution is -0.138. The van der Waals surface area contributed by atoms with Gasteiger partial charge >= 0.3 is 11.8 Å². The second-order valence-corrected chi connectivity index (χ2v) is 5.84. The number of amides is 3. The largest absolute Gasteiger partial charge is 0.495 e. The number of rotatable bonds is 5. The second kappa shape index (κ2) is 9.44. The summed E-state index contributed by atoms with van der Waals surface area (Å²) in [6.45, 7) is 1.48. The molecule has 0 atom stereocenters. The summed E-state index contributed by atoms with van der Waals surface area (Å²) in [4.78, 5) is 35.4. The quantitative estimate of drug-likeness (QED) is 0.532. The fraction of sp³-hybridized carbons (Fsp3) is 0.167. The van der Waals surface area contributed by atoms with E-state index in [1.165, 1.54) is 7.11 Å². The molecule has 27 heavy (non-hydrogen) atoms. The van der Waals surface area contributed by atoms with Crippen molar-refractivity contribution >= 4 is 35.0 Å². The normalized spacial score (nSPS) is 9.89. The minimum absolute atomic E-state index is 0.343. The molecule has 3 N–H and O–H groups in total. The van der Waals surface area contributed by atoms with E-state index in [9.17, 15) is 14.4 Å². The van der Waals surface area contributed by atoms with Gasteiger partial charge in [0.2, 0.25) is 0 Å². The molecule has 9 heteroatoms. The maximum atomic E-state index is 11.9. The molecular formula is C18H18ClN3O5. The van der Waals surface area contributed by atoms with Gasteiger partial charge in [-0.2, -0.15) is 0 Å². The summed E-state index contributed by atoms with van der Waals surface area (Å²) >= 11 is 5.75. The molecule has 2 aromatic carbocycles. The van der Waals surface area contributed by atoms with Gasteiger partial charge in [-0.3, -0.25) is 25.2 Å². The Balaban J connectivity index is 1.80. The Morgan fingerprint density at radius 3 is 2.37 bits per heavy atom. The lowest BCUT2D eigenvalue weighted by Gasteiger charge is -2.11. The fourth-order valence-electron chi connectivity index (χ4n) is 2.00. The van der Waals surface area contributed by atoms with E-state index in [4.69, 9.17) is 21.1 Å². The second-order valence-electron chi connectivity index (χ2n) is 5.40. The summed E-state index contributed by atoms with van der Waals surface area (Å²) in [6.07, 6.45) is 0. The van der Waals surface area contributed by atoms with Crippen molar-refractivity contribution in [2.75, 3.05) is 19.0 Å². The smallest absolute Gasteiger partial charge is 0.328 e. The van der Waals surface area contributed by atoms with E-state index in [1.54, 1.807) is 42.5 Å². The van der Waals surface area contributed by atoms with Crippen molar-refractivity contribution in [3.8, 4) is 11.5 Å². The first kappa shape index (κ1) is 20.1. The standard InChI is InChI=1S/C18H18ClN3O5/c1-11-3-8-15(26-2)14(9-11)20-17(24)18(25)22-21-16(23)10-27-13-6-4-12(19)5-7-13/h3-9H,10H2,1-2H3,(H,20,24)(H,21,23)(H,22,25). The van der Waals surface area contributed by atoms with Gasteiger partial charge in [-0.1, -0.05) is 17.7 Å². The molecule has 0 spiro atoms. The molecule has 0 radical (unpaired) electrons. The SMILES string of the molecule is COc1ccc(C)cc1NC(=O)C(=O)NNC(=O)COc1ccc(Cl)cc1. The number of hydrazine groups is 1. The van der Waals surface area contributed by atoms with Crippen LogP contribution in [0.5, 0.6) is 11.5 Å². The minimum atomic E-state index is -1.04. The monoisotopic (exact) mass is 391 g/mol. The maximum absolute atomic E-state index is 11.9. The summed E-state index contributed by atoms with van der Waals surface area (Å²) in [6, 6.07) is 11.5. The average molecular weight is 392 g/mol. The van der Waals surface area contributed by atoms with Crippen LogP contribution in [0.1, 0.15) is 5.56 Å². The van der Waals surface area contributed by atoms with E-state index in [0.717, 1.165) is 5.56 Å². The first-order valence-electron chi connectivity index (χ1n) is 7.82. The zero-order chi connectivity index (χ0) is 19.8.